The van der Waals surface area contributed by atoms with Gasteiger partial charge in [0.25, 0.3) is 0 Å². The lowest BCUT2D eigenvalue weighted by Crippen LogP contribution is -2.13. The molecule has 0 radical (unpaired) electrons. The van der Waals surface area contributed by atoms with Crippen molar-refractivity contribution in [3.05, 3.63) is 54.1 Å². The van der Waals surface area contributed by atoms with E-state index in [0.29, 0.717) is 24.4 Å². The summed E-state index contributed by atoms with van der Waals surface area (Å²) < 4.78 is 10.2. The number of anilines is 2. The first-order chi connectivity index (χ1) is 10.2. The van der Waals surface area contributed by atoms with Crippen LogP contribution in [0.15, 0.2) is 48.5 Å². The van der Waals surface area contributed by atoms with Gasteiger partial charge in [-0.25, -0.2) is 4.79 Å². The fourth-order valence-corrected chi connectivity index (χ4v) is 1.84. The molecule has 0 heterocycles. The average molecular weight is 286 g/mol. The van der Waals surface area contributed by atoms with Crippen molar-refractivity contribution in [2.75, 3.05) is 31.3 Å². The molecular weight excluding hydrogens is 268 g/mol. The standard InChI is InChI=1S/C16H18N2O3/c1-20-16(19)12-7-8-15(14(17)11-12)18-9-10-21-13-5-3-2-4-6-13/h2-8,11,18H,9-10,17H2,1H3. The van der Waals surface area contributed by atoms with E-state index in [1.54, 1.807) is 18.2 Å². The van der Waals surface area contributed by atoms with Crippen molar-refractivity contribution in [3.63, 3.8) is 0 Å². The fraction of sp³-hybridized carbons (Fsp3) is 0.188. The Balaban J connectivity index is 1.85. The molecule has 0 aromatic heterocycles. The average Bonchev–Trinajstić information content (AvgIpc) is 2.53. The number of carbonyl (C=O) groups excluding carboxylic acids is 1. The Morgan fingerprint density at radius 2 is 1.95 bits per heavy atom. The number of nitrogens with two attached hydrogens (primary N) is 1. The minimum absolute atomic E-state index is 0.402. The smallest absolute Gasteiger partial charge is 0.337 e. The maximum Gasteiger partial charge on any atom is 0.337 e. The molecule has 2 rings (SSSR count). The molecule has 2 aromatic carbocycles. The Labute approximate surface area is 123 Å². The second-order valence-electron chi connectivity index (χ2n) is 4.38. The van der Waals surface area contributed by atoms with Crippen LogP contribution in [0, 0.1) is 0 Å². The van der Waals surface area contributed by atoms with Gasteiger partial charge in [0.1, 0.15) is 12.4 Å². The number of nitrogens with one attached hydrogen (secondary N) is 1. The van der Waals surface area contributed by atoms with Crippen molar-refractivity contribution < 1.29 is 14.3 Å². The van der Waals surface area contributed by atoms with E-state index in [1.807, 2.05) is 30.3 Å². The Morgan fingerprint density at radius 1 is 1.19 bits per heavy atom. The van der Waals surface area contributed by atoms with E-state index in [2.05, 4.69) is 10.1 Å². The van der Waals surface area contributed by atoms with Crippen LogP contribution in [0.3, 0.4) is 0 Å². The second-order valence-corrected chi connectivity index (χ2v) is 4.38. The van der Waals surface area contributed by atoms with E-state index in [-0.39, 0.29) is 0 Å². The van der Waals surface area contributed by atoms with Gasteiger partial charge in [0.15, 0.2) is 0 Å². The molecule has 0 saturated carbocycles. The highest BCUT2D eigenvalue weighted by molar-refractivity contribution is 5.91. The van der Waals surface area contributed by atoms with Crippen LogP contribution in [0.25, 0.3) is 0 Å². The molecule has 0 bridgehead atoms. The van der Waals surface area contributed by atoms with E-state index < -0.39 is 5.97 Å². The summed E-state index contributed by atoms with van der Waals surface area (Å²) in [6.07, 6.45) is 0. The molecule has 0 amide bonds. The second kappa shape index (κ2) is 7.19. The number of hydrogen-bond donors (Lipinski definition) is 2. The largest absolute Gasteiger partial charge is 0.492 e. The third-order valence-corrected chi connectivity index (χ3v) is 2.90. The Hall–Kier alpha value is -2.69. The van der Waals surface area contributed by atoms with E-state index in [0.717, 1.165) is 11.4 Å². The summed E-state index contributed by atoms with van der Waals surface area (Å²) in [5.74, 6) is 0.425. The number of rotatable bonds is 6. The van der Waals surface area contributed by atoms with Crippen molar-refractivity contribution in [1.82, 2.24) is 0 Å². The first-order valence-electron chi connectivity index (χ1n) is 6.60. The summed E-state index contributed by atoms with van der Waals surface area (Å²) in [5.41, 5.74) is 7.59. The number of nitrogen functional groups attached to an aromatic ring is 1. The number of esters is 1. The molecule has 0 fully saturated rings. The van der Waals surface area contributed by atoms with Gasteiger partial charge in [-0.15, -0.1) is 0 Å². The van der Waals surface area contributed by atoms with Crippen molar-refractivity contribution in [2.45, 2.75) is 0 Å². The Kier molecular flexibility index (Phi) is 5.04. The molecule has 0 aliphatic heterocycles. The molecule has 5 heteroatoms. The molecular formula is C16H18N2O3. The van der Waals surface area contributed by atoms with Crippen LogP contribution in [0.4, 0.5) is 11.4 Å². The molecule has 110 valence electrons. The zero-order valence-electron chi connectivity index (χ0n) is 11.8. The molecule has 0 unspecified atom stereocenters. The lowest BCUT2D eigenvalue weighted by molar-refractivity contribution is 0.0601. The highest BCUT2D eigenvalue weighted by atomic mass is 16.5. The van der Waals surface area contributed by atoms with Crippen LogP contribution in [-0.2, 0) is 4.74 Å². The normalized spacial score (nSPS) is 9.95. The summed E-state index contributed by atoms with van der Waals surface area (Å²) in [6, 6.07) is 14.6. The van der Waals surface area contributed by atoms with Crippen molar-refractivity contribution >= 4 is 17.3 Å². The zero-order valence-corrected chi connectivity index (χ0v) is 11.8. The van der Waals surface area contributed by atoms with Gasteiger partial charge in [-0.05, 0) is 30.3 Å². The van der Waals surface area contributed by atoms with Crippen molar-refractivity contribution in [1.29, 1.82) is 0 Å². The van der Waals surface area contributed by atoms with Crippen LogP contribution in [0.2, 0.25) is 0 Å². The maximum absolute atomic E-state index is 11.4. The van der Waals surface area contributed by atoms with Gasteiger partial charge >= 0.3 is 5.97 Å². The lowest BCUT2D eigenvalue weighted by Gasteiger charge is -2.11. The highest BCUT2D eigenvalue weighted by Gasteiger charge is 2.07. The summed E-state index contributed by atoms with van der Waals surface area (Å²) in [5, 5.41) is 3.17. The number of para-hydroxylation sites is 1. The number of benzene rings is 2. The van der Waals surface area contributed by atoms with Gasteiger partial charge < -0.3 is 20.5 Å². The fourth-order valence-electron chi connectivity index (χ4n) is 1.84. The first kappa shape index (κ1) is 14.7. The van der Waals surface area contributed by atoms with Gasteiger partial charge in [0.05, 0.1) is 24.0 Å². The van der Waals surface area contributed by atoms with E-state index >= 15 is 0 Å². The minimum Gasteiger partial charge on any atom is -0.492 e. The summed E-state index contributed by atoms with van der Waals surface area (Å²) in [6.45, 7) is 1.12. The van der Waals surface area contributed by atoms with Gasteiger partial charge in [-0.3, -0.25) is 0 Å². The molecule has 2 aromatic rings. The van der Waals surface area contributed by atoms with Crippen molar-refractivity contribution in [2.24, 2.45) is 0 Å². The topological polar surface area (TPSA) is 73.6 Å². The summed E-state index contributed by atoms with van der Waals surface area (Å²) in [4.78, 5) is 11.4. The summed E-state index contributed by atoms with van der Waals surface area (Å²) >= 11 is 0. The summed E-state index contributed by atoms with van der Waals surface area (Å²) in [7, 11) is 1.34. The molecule has 21 heavy (non-hydrogen) atoms. The highest BCUT2D eigenvalue weighted by Crippen LogP contribution is 2.20. The predicted molar refractivity (Wildman–Crippen MR) is 82.6 cm³/mol. The molecule has 0 atom stereocenters. The van der Waals surface area contributed by atoms with Gasteiger partial charge in [-0.1, -0.05) is 18.2 Å². The number of ether oxygens (including phenoxy) is 2. The quantitative estimate of drug-likeness (QED) is 0.485. The lowest BCUT2D eigenvalue weighted by atomic mass is 10.1. The van der Waals surface area contributed by atoms with E-state index in [1.165, 1.54) is 7.11 Å². The van der Waals surface area contributed by atoms with Gasteiger partial charge in [-0.2, -0.15) is 0 Å². The number of methoxy groups -OCH3 is 1. The predicted octanol–water partition coefficient (Wildman–Crippen LogP) is 2.55. The van der Waals surface area contributed by atoms with E-state index in [9.17, 15) is 4.79 Å². The van der Waals surface area contributed by atoms with Crippen molar-refractivity contribution in [3.8, 4) is 5.75 Å². The Morgan fingerprint density at radius 3 is 2.62 bits per heavy atom. The number of hydrogen-bond acceptors (Lipinski definition) is 5. The monoisotopic (exact) mass is 286 g/mol. The molecule has 0 saturated heterocycles. The van der Waals surface area contributed by atoms with Crippen LogP contribution < -0.4 is 15.8 Å². The number of carbonyl (C=O) groups is 1. The van der Waals surface area contributed by atoms with Crippen LogP contribution in [0.1, 0.15) is 10.4 Å². The Bertz CT molecular complexity index is 600. The SMILES string of the molecule is COC(=O)c1ccc(NCCOc2ccccc2)c(N)c1. The van der Waals surface area contributed by atoms with Crippen LogP contribution >= 0.6 is 0 Å². The first-order valence-corrected chi connectivity index (χ1v) is 6.60. The molecule has 0 spiro atoms. The maximum atomic E-state index is 11.4. The van der Waals surface area contributed by atoms with Crippen LogP contribution in [0.5, 0.6) is 5.75 Å². The molecule has 0 aliphatic carbocycles. The van der Waals surface area contributed by atoms with Crippen LogP contribution in [-0.4, -0.2) is 26.2 Å². The van der Waals surface area contributed by atoms with Gasteiger partial charge in [0.2, 0.25) is 0 Å². The van der Waals surface area contributed by atoms with Gasteiger partial charge in [0, 0.05) is 6.54 Å². The third kappa shape index (κ3) is 4.14. The minimum atomic E-state index is -0.402. The third-order valence-electron chi connectivity index (χ3n) is 2.90. The zero-order chi connectivity index (χ0) is 15.1. The molecule has 3 N–H and O–H groups in total. The molecule has 5 nitrogen and oxygen atoms in total. The molecule has 0 aliphatic rings. The van der Waals surface area contributed by atoms with E-state index in [4.69, 9.17) is 10.5 Å².